The Hall–Kier alpha value is -3.67. The number of amides is 1. The molecule has 1 N–H and O–H groups in total. The number of rotatable bonds is 5. The van der Waals surface area contributed by atoms with Gasteiger partial charge >= 0.3 is 6.18 Å². The number of hydrogen-bond acceptors (Lipinski definition) is 6. The van der Waals surface area contributed by atoms with Crippen LogP contribution in [0.1, 0.15) is 35.2 Å². The molecule has 7 nitrogen and oxygen atoms in total. The molecule has 0 spiro atoms. The molecule has 12 heteroatoms. The lowest BCUT2D eigenvalue weighted by molar-refractivity contribution is -0.137. The molecule has 194 valence electrons. The van der Waals surface area contributed by atoms with Gasteiger partial charge in [0.15, 0.2) is 11.6 Å². The van der Waals surface area contributed by atoms with Gasteiger partial charge in [0, 0.05) is 17.8 Å². The molecule has 1 saturated carbocycles. The topological polar surface area (TPSA) is 88.4 Å². The Morgan fingerprint density at radius 3 is 2.43 bits per heavy atom. The van der Waals surface area contributed by atoms with E-state index in [1.54, 1.807) is 0 Å². The zero-order valence-electron chi connectivity index (χ0n) is 19.2. The van der Waals surface area contributed by atoms with Gasteiger partial charge in [-0.25, -0.2) is 23.7 Å². The Balaban J connectivity index is 1.46. The molecule has 0 radical (unpaired) electrons. The van der Waals surface area contributed by atoms with E-state index in [1.165, 1.54) is 11.0 Å². The lowest BCUT2D eigenvalue weighted by Gasteiger charge is -2.54. The lowest BCUT2D eigenvalue weighted by Crippen LogP contribution is -2.65. The van der Waals surface area contributed by atoms with Crippen molar-refractivity contribution in [3.8, 4) is 17.3 Å². The summed E-state index contributed by atoms with van der Waals surface area (Å²) in [5, 5.41) is 10.1. The monoisotopic (exact) mass is 520 g/mol. The van der Waals surface area contributed by atoms with Gasteiger partial charge in [0.25, 0.3) is 5.91 Å². The number of aliphatic hydroxyl groups is 1. The summed E-state index contributed by atoms with van der Waals surface area (Å²) in [6, 6.07) is 4.36. The van der Waals surface area contributed by atoms with Crippen LogP contribution in [0, 0.1) is 17.6 Å². The second-order valence-corrected chi connectivity index (χ2v) is 9.06. The fourth-order valence-electron chi connectivity index (χ4n) is 5.20. The number of fused-ring (bicyclic) bond motifs is 3. The highest BCUT2D eigenvalue weighted by Crippen LogP contribution is 2.42. The van der Waals surface area contributed by atoms with E-state index in [0.717, 1.165) is 36.7 Å². The number of carbonyl (C=O) groups excluding carboxylic acids is 1. The first kappa shape index (κ1) is 25.0. The van der Waals surface area contributed by atoms with Crippen LogP contribution in [0.25, 0.3) is 11.4 Å². The smallest absolute Gasteiger partial charge is 0.417 e. The number of nitrogens with zero attached hydrogens (tertiary/aromatic N) is 4. The molecule has 4 atom stereocenters. The van der Waals surface area contributed by atoms with Gasteiger partial charge in [-0.1, -0.05) is 0 Å². The predicted molar refractivity (Wildman–Crippen MR) is 119 cm³/mol. The van der Waals surface area contributed by atoms with Gasteiger partial charge in [-0.15, -0.1) is 0 Å². The molecule has 4 heterocycles. The minimum atomic E-state index is -4.54. The number of alkyl halides is 3. The van der Waals surface area contributed by atoms with Crippen LogP contribution in [0.2, 0.25) is 0 Å². The van der Waals surface area contributed by atoms with E-state index < -0.39 is 47.5 Å². The van der Waals surface area contributed by atoms with E-state index in [9.17, 15) is 31.9 Å². The van der Waals surface area contributed by atoms with Crippen molar-refractivity contribution in [3.63, 3.8) is 0 Å². The van der Waals surface area contributed by atoms with Crippen LogP contribution in [-0.4, -0.2) is 55.7 Å². The van der Waals surface area contributed by atoms with Gasteiger partial charge in [0.1, 0.15) is 11.9 Å². The van der Waals surface area contributed by atoms with Crippen molar-refractivity contribution in [1.82, 2.24) is 19.9 Å². The third-order valence-electron chi connectivity index (χ3n) is 6.89. The number of ether oxygens (including phenoxy) is 1. The molecule has 3 aromatic rings. The summed E-state index contributed by atoms with van der Waals surface area (Å²) in [4.78, 5) is 26.9. The zero-order valence-corrected chi connectivity index (χ0v) is 19.2. The average molecular weight is 520 g/mol. The molecule has 2 saturated heterocycles. The number of aromatic nitrogens is 3. The van der Waals surface area contributed by atoms with E-state index in [2.05, 4.69) is 15.0 Å². The Kier molecular flexibility index (Phi) is 6.52. The van der Waals surface area contributed by atoms with Crippen LogP contribution < -0.4 is 4.74 Å². The van der Waals surface area contributed by atoms with Crippen LogP contribution in [0.3, 0.4) is 0 Å². The SMILES string of the molecule is O=C(c1cc(F)ccc1-c1ncc(F)cn1)N1C(CO)C2CCC1C(Oc1ccc(C(F)(F)F)cn1)C2. The summed E-state index contributed by atoms with van der Waals surface area (Å²) in [5.41, 5.74) is -0.792. The zero-order chi connectivity index (χ0) is 26.3. The van der Waals surface area contributed by atoms with Gasteiger partial charge < -0.3 is 14.7 Å². The predicted octanol–water partition coefficient (Wildman–Crippen LogP) is 4.27. The Morgan fingerprint density at radius 1 is 1.03 bits per heavy atom. The summed E-state index contributed by atoms with van der Waals surface area (Å²) < 4.78 is 72.2. The molecule has 4 unspecified atom stereocenters. The standard InChI is InChI=1S/C25H21F5N4O3/c26-15-3-4-17(23-32-10-16(27)11-33-23)18(8-15)24(36)34-19-5-1-13(20(34)12-35)7-21(19)37-22-6-2-14(9-31-22)25(28,29)30/h2-4,6,8-11,13,19-21,35H,1,5,7,12H2. The number of piperidine rings is 2. The number of hydrogen-bond donors (Lipinski definition) is 1. The molecule has 6 rings (SSSR count). The van der Waals surface area contributed by atoms with Gasteiger partial charge in [-0.2, -0.15) is 13.2 Å². The summed E-state index contributed by atoms with van der Waals surface area (Å²) in [5.74, 6) is -2.11. The summed E-state index contributed by atoms with van der Waals surface area (Å²) in [6.07, 6.45) is -0.928. The third kappa shape index (κ3) is 4.85. The van der Waals surface area contributed by atoms with E-state index in [4.69, 9.17) is 4.74 Å². The molecule has 1 aromatic carbocycles. The molecule has 2 bridgehead atoms. The van der Waals surface area contributed by atoms with Crippen LogP contribution in [0.5, 0.6) is 5.88 Å². The van der Waals surface area contributed by atoms with Crippen molar-refractivity contribution in [3.05, 3.63) is 71.7 Å². The maximum atomic E-state index is 14.3. The van der Waals surface area contributed by atoms with Crippen molar-refractivity contribution >= 4 is 5.91 Å². The van der Waals surface area contributed by atoms with Gasteiger partial charge in [-0.05, 0) is 49.4 Å². The molecule has 3 fully saturated rings. The average Bonchev–Trinajstić information content (AvgIpc) is 2.88. The Morgan fingerprint density at radius 2 is 1.78 bits per heavy atom. The Bertz CT molecular complexity index is 1290. The molecule has 2 aromatic heterocycles. The van der Waals surface area contributed by atoms with Crippen molar-refractivity contribution < 1.29 is 36.6 Å². The van der Waals surface area contributed by atoms with E-state index >= 15 is 0 Å². The molecular weight excluding hydrogens is 499 g/mol. The highest BCUT2D eigenvalue weighted by molar-refractivity contribution is 6.00. The summed E-state index contributed by atoms with van der Waals surface area (Å²) in [6.45, 7) is -0.337. The Labute approximate surface area is 207 Å². The fourth-order valence-corrected chi connectivity index (χ4v) is 5.20. The molecule has 37 heavy (non-hydrogen) atoms. The minimum absolute atomic E-state index is 0.0224. The van der Waals surface area contributed by atoms with Gasteiger partial charge in [0.05, 0.1) is 42.2 Å². The largest absolute Gasteiger partial charge is 0.472 e. The first-order valence-electron chi connectivity index (χ1n) is 11.6. The maximum Gasteiger partial charge on any atom is 0.417 e. The highest BCUT2D eigenvalue weighted by atomic mass is 19.4. The van der Waals surface area contributed by atoms with E-state index in [-0.39, 0.29) is 35.4 Å². The minimum Gasteiger partial charge on any atom is -0.472 e. The number of benzene rings is 1. The third-order valence-corrected chi connectivity index (χ3v) is 6.89. The second-order valence-electron chi connectivity index (χ2n) is 9.06. The number of pyridine rings is 1. The van der Waals surface area contributed by atoms with Gasteiger partial charge in [-0.3, -0.25) is 4.79 Å². The second kappa shape index (κ2) is 9.66. The van der Waals surface area contributed by atoms with Crippen molar-refractivity contribution in [2.75, 3.05) is 6.61 Å². The van der Waals surface area contributed by atoms with Crippen molar-refractivity contribution in [2.45, 2.75) is 43.6 Å². The van der Waals surface area contributed by atoms with Crippen molar-refractivity contribution in [2.24, 2.45) is 5.92 Å². The van der Waals surface area contributed by atoms with E-state index in [0.29, 0.717) is 25.5 Å². The number of aliphatic hydroxyl groups excluding tert-OH is 1. The summed E-state index contributed by atoms with van der Waals surface area (Å²) in [7, 11) is 0. The van der Waals surface area contributed by atoms with E-state index in [1.807, 2.05) is 0 Å². The first-order valence-corrected chi connectivity index (χ1v) is 11.6. The maximum absolute atomic E-state index is 14.3. The first-order chi connectivity index (χ1) is 17.7. The molecule has 3 aliphatic rings. The lowest BCUT2D eigenvalue weighted by atomic mass is 9.72. The van der Waals surface area contributed by atoms with Crippen LogP contribution in [0.4, 0.5) is 22.0 Å². The highest BCUT2D eigenvalue weighted by Gasteiger charge is 2.50. The molecule has 2 aliphatic heterocycles. The van der Waals surface area contributed by atoms with Crippen molar-refractivity contribution in [1.29, 1.82) is 0 Å². The number of carbonyl (C=O) groups is 1. The molecule has 1 amide bonds. The van der Waals surface area contributed by atoms with Crippen LogP contribution in [-0.2, 0) is 6.18 Å². The fraction of sp³-hybridized carbons (Fsp3) is 0.360. The summed E-state index contributed by atoms with van der Waals surface area (Å²) >= 11 is 0. The quantitative estimate of drug-likeness (QED) is 0.506. The normalized spacial score (nSPS) is 23.2. The van der Waals surface area contributed by atoms with Crippen LogP contribution in [0.15, 0.2) is 48.9 Å². The molecular formula is C25H21F5N4O3. The van der Waals surface area contributed by atoms with Gasteiger partial charge in [0.2, 0.25) is 5.88 Å². The van der Waals surface area contributed by atoms with Crippen LogP contribution >= 0.6 is 0 Å². The number of halogens is 5. The molecule has 1 aliphatic carbocycles.